The normalized spacial score (nSPS) is 12.8. The highest BCUT2D eigenvalue weighted by Gasteiger charge is 2.11. The predicted octanol–water partition coefficient (Wildman–Crippen LogP) is 2.63. The molecule has 0 aromatic heterocycles. The molecule has 1 N–H and O–H groups in total. The van der Waals surface area contributed by atoms with E-state index in [0.717, 1.165) is 18.9 Å². The standard InChI is InChI=1S/C14H23NO2/c1-11(2)10-17-14(9-15-3)12-5-7-13(16-4)8-6-12/h5-8,11,14-15H,9-10H2,1-4H3. The first-order chi connectivity index (χ1) is 8.17. The van der Waals surface area contributed by atoms with Gasteiger partial charge in [-0.3, -0.25) is 0 Å². The first-order valence-corrected chi connectivity index (χ1v) is 6.07. The van der Waals surface area contributed by atoms with Crippen molar-refractivity contribution in [3.63, 3.8) is 0 Å². The van der Waals surface area contributed by atoms with Gasteiger partial charge in [0.05, 0.1) is 13.2 Å². The summed E-state index contributed by atoms with van der Waals surface area (Å²) in [4.78, 5) is 0. The largest absolute Gasteiger partial charge is 0.497 e. The summed E-state index contributed by atoms with van der Waals surface area (Å²) in [6, 6.07) is 8.05. The Bertz CT molecular complexity index is 309. The molecular formula is C14H23NO2. The molecule has 0 saturated heterocycles. The van der Waals surface area contributed by atoms with Gasteiger partial charge in [-0.25, -0.2) is 0 Å². The van der Waals surface area contributed by atoms with Crippen molar-refractivity contribution >= 4 is 0 Å². The number of ether oxygens (including phenoxy) is 2. The first-order valence-electron chi connectivity index (χ1n) is 6.07. The van der Waals surface area contributed by atoms with Crippen molar-refractivity contribution in [3.05, 3.63) is 29.8 Å². The lowest BCUT2D eigenvalue weighted by molar-refractivity contribution is 0.0363. The summed E-state index contributed by atoms with van der Waals surface area (Å²) in [6.07, 6.45) is 0.105. The van der Waals surface area contributed by atoms with Crippen LogP contribution in [0, 0.1) is 5.92 Å². The van der Waals surface area contributed by atoms with Crippen LogP contribution in [0.25, 0.3) is 0 Å². The molecule has 0 fully saturated rings. The van der Waals surface area contributed by atoms with Crippen LogP contribution >= 0.6 is 0 Å². The van der Waals surface area contributed by atoms with Gasteiger partial charge in [-0.2, -0.15) is 0 Å². The lowest BCUT2D eigenvalue weighted by Gasteiger charge is -2.19. The van der Waals surface area contributed by atoms with Crippen molar-refractivity contribution in [1.82, 2.24) is 5.32 Å². The van der Waals surface area contributed by atoms with Crippen LogP contribution in [-0.4, -0.2) is 27.3 Å². The second kappa shape index (κ2) is 7.30. The predicted molar refractivity (Wildman–Crippen MR) is 70.5 cm³/mol. The van der Waals surface area contributed by atoms with E-state index < -0.39 is 0 Å². The zero-order valence-corrected chi connectivity index (χ0v) is 11.2. The van der Waals surface area contributed by atoms with E-state index in [1.54, 1.807) is 7.11 Å². The van der Waals surface area contributed by atoms with Crippen LogP contribution in [0.1, 0.15) is 25.5 Å². The summed E-state index contributed by atoms with van der Waals surface area (Å²) < 4.78 is 11.1. The van der Waals surface area contributed by atoms with Crippen molar-refractivity contribution in [2.24, 2.45) is 5.92 Å². The Kier molecular flexibility index (Phi) is 6.01. The first kappa shape index (κ1) is 14.0. The van der Waals surface area contributed by atoms with Crippen LogP contribution in [-0.2, 0) is 4.74 Å². The Morgan fingerprint density at radius 2 is 1.82 bits per heavy atom. The van der Waals surface area contributed by atoms with Gasteiger partial charge in [0.15, 0.2) is 0 Å². The van der Waals surface area contributed by atoms with Gasteiger partial charge in [0, 0.05) is 13.2 Å². The molecule has 0 heterocycles. The summed E-state index contributed by atoms with van der Waals surface area (Å²) >= 11 is 0. The SMILES string of the molecule is CNCC(OCC(C)C)c1ccc(OC)cc1. The smallest absolute Gasteiger partial charge is 0.118 e. The number of hydrogen-bond acceptors (Lipinski definition) is 3. The molecule has 1 unspecified atom stereocenters. The van der Waals surface area contributed by atoms with E-state index in [9.17, 15) is 0 Å². The maximum absolute atomic E-state index is 5.90. The van der Waals surface area contributed by atoms with Crippen LogP contribution in [0.5, 0.6) is 5.75 Å². The Morgan fingerprint density at radius 1 is 1.18 bits per heavy atom. The van der Waals surface area contributed by atoms with Gasteiger partial charge in [-0.1, -0.05) is 26.0 Å². The second-order valence-electron chi connectivity index (χ2n) is 4.55. The number of rotatable bonds is 7. The van der Waals surface area contributed by atoms with E-state index in [1.807, 2.05) is 19.2 Å². The fraction of sp³-hybridized carbons (Fsp3) is 0.571. The topological polar surface area (TPSA) is 30.5 Å². The number of likely N-dealkylation sites (N-methyl/N-ethyl adjacent to an activating group) is 1. The van der Waals surface area contributed by atoms with Crippen LogP contribution in [0.15, 0.2) is 24.3 Å². The number of methoxy groups -OCH3 is 1. The molecule has 0 saturated carbocycles. The fourth-order valence-electron chi connectivity index (χ4n) is 1.59. The van der Waals surface area contributed by atoms with Crippen molar-refractivity contribution < 1.29 is 9.47 Å². The van der Waals surface area contributed by atoms with Gasteiger partial charge in [-0.05, 0) is 30.7 Å². The van der Waals surface area contributed by atoms with Gasteiger partial charge < -0.3 is 14.8 Å². The fourth-order valence-corrected chi connectivity index (χ4v) is 1.59. The van der Waals surface area contributed by atoms with Gasteiger partial charge in [0.2, 0.25) is 0 Å². The molecule has 0 amide bonds. The lowest BCUT2D eigenvalue weighted by atomic mass is 10.1. The summed E-state index contributed by atoms with van der Waals surface area (Å²) in [5.41, 5.74) is 1.18. The molecule has 1 aromatic carbocycles. The zero-order chi connectivity index (χ0) is 12.7. The van der Waals surface area contributed by atoms with Gasteiger partial charge in [-0.15, -0.1) is 0 Å². The molecule has 1 rings (SSSR count). The van der Waals surface area contributed by atoms with E-state index in [0.29, 0.717) is 5.92 Å². The average molecular weight is 237 g/mol. The lowest BCUT2D eigenvalue weighted by Crippen LogP contribution is -2.21. The van der Waals surface area contributed by atoms with E-state index in [2.05, 4.69) is 31.3 Å². The molecular weight excluding hydrogens is 214 g/mol. The minimum atomic E-state index is 0.105. The monoisotopic (exact) mass is 237 g/mol. The minimum absolute atomic E-state index is 0.105. The average Bonchev–Trinajstić information content (AvgIpc) is 2.34. The van der Waals surface area contributed by atoms with Crippen LogP contribution < -0.4 is 10.1 Å². The van der Waals surface area contributed by atoms with E-state index in [4.69, 9.17) is 9.47 Å². The molecule has 3 heteroatoms. The molecule has 0 radical (unpaired) electrons. The summed E-state index contributed by atoms with van der Waals surface area (Å²) in [6.45, 7) is 5.91. The molecule has 0 bridgehead atoms. The van der Waals surface area contributed by atoms with Gasteiger partial charge in [0.1, 0.15) is 5.75 Å². The van der Waals surface area contributed by atoms with E-state index in [1.165, 1.54) is 5.56 Å². The minimum Gasteiger partial charge on any atom is -0.497 e. The third-order valence-electron chi connectivity index (χ3n) is 2.51. The maximum atomic E-state index is 5.90. The Labute approximate surface area is 104 Å². The summed E-state index contributed by atoms with van der Waals surface area (Å²) in [5, 5.41) is 3.16. The highest BCUT2D eigenvalue weighted by molar-refractivity contribution is 5.28. The van der Waals surface area contributed by atoms with Crippen molar-refractivity contribution in [1.29, 1.82) is 0 Å². The third kappa shape index (κ3) is 4.75. The molecule has 3 nitrogen and oxygen atoms in total. The number of hydrogen-bond donors (Lipinski definition) is 1. The quantitative estimate of drug-likeness (QED) is 0.790. The van der Waals surface area contributed by atoms with Crippen LogP contribution in [0.3, 0.4) is 0 Å². The van der Waals surface area contributed by atoms with Gasteiger partial charge >= 0.3 is 0 Å². The maximum Gasteiger partial charge on any atom is 0.118 e. The Hall–Kier alpha value is -1.06. The zero-order valence-electron chi connectivity index (χ0n) is 11.2. The Balaban J connectivity index is 2.67. The van der Waals surface area contributed by atoms with Crippen molar-refractivity contribution in [2.45, 2.75) is 20.0 Å². The highest BCUT2D eigenvalue weighted by Crippen LogP contribution is 2.20. The van der Waals surface area contributed by atoms with Gasteiger partial charge in [0.25, 0.3) is 0 Å². The highest BCUT2D eigenvalue weighted by atomic mass is 16.5. The molecule has 0 aliphatic carbocycles. The van der Waals surface area contributed by atoms with Crippen molar-refractivity contribution in [2.75, 3.05) is 27.3 Å². The molecule has 0 aliphatic heterocycles. The Morgan fingerprint density at radius 3 is 2.29 bits per heavy atom. The second-order valence-corrected chi connectivity index (χ2v) is 4.55. The van der Waals surface area contributed by atoms with Crippen molar-refractivity contribution in [3.8, 4) is 5.75 Å². The summed E-state index contributed by atoms with van der Waals surface area (Å²) in [7, 11) is 3.62. The number of nitrogens with one attached hydrogen (secondary N) is 1. The van der Waals surface area contributed by atoms with Crippen LogP contribution in [0.2, 0.25) is 0 Å². The summed E-state index contributed by atoms with van der Waals surface area (Å²) in [5.74, 6) is 1.42. The molecule has 0 aliphatic rings. The van der Waals surface area contributed by atoms with E-state index in [-0.39, 0.29) is 6.10 Å². The molecule has 96 valence electrons. The number of benzene rings is 1. The van der Waals surface area contributed by atoms with Crippen LogP contribution in [0.4, 0.5) is 0 Å². The third-order valence-corrected chi connectivity index (χ3v) is 2.51. The van der Waals surface area contributed by atoms with E-state index >= 15 is 0 Å². The molecule has 17 heavy (non-hydrogen) atoms. The molecule has 1 aromatic rings. The molecule has 1 atom stereocenters. The molecule has 0 spiro atoms.